The summed E-state index contributed by atoms with van der Waals surface area (Å²) in [4.78, 5) is 0. The second-order valence-corrected chi connectivity index (χ2v) is 4.32. The number of halogens is 3. The molecule has 0 saturated carbocycles. The summed E-state index contributed by atoms with van der Waals surface area (Å²) in [6, 6.07) is 7.21. The second-order valence-electron chi connectivity index (χ2n) is 4.32. The lowest BCUT2D eigenvalue weighted by atomic mass is 9.85. The van der Waals surface area contributed by atoms with Crippen molar-refractivity contribution in [3.05, 3.63) is 35.9 Å². The average molecular weight is 232 g/mol. The topological polar surface area (TPSA) is 20.2 Å². The van der Waals surface area contributed by atoms with Crippen LogP contribution in [0, 0.1) is 5.92 Å². The van der Waals surface area contributed by atoms with Crippen LogP contribution in [-0.2, 0) is 5.60 Å². The lowest BCUT2D eigenvalue weighted by Gasteiger charge is -2.32. The molecular weight excluding hydrogens is 217 g/mol. The minimum atomic E-state index is -4.65. The van der Waals surface area contributed by atoms with E-state index in [-0.39, 0.29) is 17.9 Å². The van der Waals surface area contributed by atoms with Crippen molar-refractivity contribution in [2.24, 2.45) is 5.92 Å². The highest BCUT2D eigenvalue weighted by Gasteiger charge is 2.54. The zero-order valence-corrected chi connectivity index (χ0v) is 9.25. The second kappa shape index (κ2) is 4.45. The van der Waals surface area contributed by atoms with Crippen molar-refractivity contribution in [1.82, 2.24) is 0 Å². The summed E-state index contributed by atoms with van der Waals surface area (Å²) in [5.74, 6) is -0.244. The molecule has 0 radical (unpaired) electrons. The normalized spacial score (nSPS) is 16.2. The van der Waals surface area contributed by atoms with Crippen LogP contribution in [0.5, 0.6) is 0 Å². The highest BCUT2D eigenvalue weighted by atomic mass is 19.4. The molecule has 1 atom stereocenters. The average Bonchev–Trinajstić information content (AvgIpc) is 2.16. The summed E-state index contributed by atoms with van der Waals surface area (Å²) < 4.78 is 38.7. The zero-order valence-electron chi connectivity index (χ0n) is 9.25. The Hall–Kier alpha value is -1.03. The van der Waals surface area contributed by atoms with Gasteiger partial charge in [-0.15, -0.1) is 0 Å². The highest BCUT2D eigenvalue weighted by Crippen LogP contribution is 2.43. The lowest BCUT2D eigenvalue weighted by molar-refractivity contribution is -0.272. The van der Waals surface area contributed by atoms with Crippen molar-refractivity contribution in [1.29, 1.82) is 0 Å². The molecule has 0 fully saturated rings. The molecule has 90 valence electrons. The number of rotatable bonds is 3. The maximum Gasteiger partial charge on any atom is 0.421 e. The van der Waals surface area contributed by atoms with Gasteiger partial charge in [0.1, 0.15) is 0 Å². The van der Waals surface area contributed by atoms with E-state index in [1.807, 2.05) is 0 Å². The molecule has 1 N–H and O–H groups in total. The molecule has 1 aromatic rings. The Bertz CT molecular complexity index is 332. The van der Waals surface area contributed by atoms with Crippen molar-refractivity contribution in [2.45, 2.75) is 32.0 Å². The first kappa shape index (κ1) is 13.0. The van der Waals surface area contributed by atoms with Gasteiger partial charge in [0, 0.05) is 0 Å². The van der Waals surface area contributed by atoms with Gasteiger partial charge in [-0.2, -0.15) is 13.2 Å². The maximum absolute atomic E-state index is 12.9. The van der Waals surface area contributed by atoms with Crippen molar-refractivity contribution in [3.8, 4) is 0 Å². The predicted molar refractivity (Wildman–Crippen MR) is 55.8 cm³/mol. The van der Waals surface area contributed by atoms with E-state index >= 15 is 0 Å². The lowest BCUT2D eigenvalue weighted by Crippen LogP contribution is -2.43. The third-order valence-corrected chi connectivity index (χ3v) is 2.42. The third-order valence-electron chi connectivity index (χ3n) is 2.42. The van der Waals surface area contributed by atoms with Gasteiger partial charge in [-0.3, -0.25) is 0 Å². The fourth-order valence-electron chi connectivity index (χ4n) is 1.70. The van der Waals surface area contributed by atoms with Crippen LogP contribution in [0.25, 0.3) is 0 Å². The van der Waals surface area contributed by atoms with Gasteiger partial charge < -0.3 is 5.11 Å². The Balaban J connectivity index is 3.16. The molecule has 0 saturated heterocycles. The smallest absolute Gasteiger partial charge is 0.376 e. The Morgan fingerprint density at radius 1 is 1.12 bits per heavy atom. The van der Waals surface area contributed by atoms with E-state index < -0.39 is 11.8 Å². The summed E-state index contributed by atoms with van der Waals surface area (Å²) in [5.41, 5.74) is -2.85. The standard InChI is InChI=1S/C12H15F3O/c1-9(2)8-11(16,12(13,14)15)10-6-4-3-5-7-10/h3-7,9,16H,8H2,1-2H3. The Morgan fingerprint density at radius 2 is 1.62 bits per heavy atom. The monoisotopic (exact) mass is 232 g/mol. The van der Waals surface area contributed by atoms with Gasteiger partial charge in [-0.05, 0) is 17.9 Å². The summed E-state index contributed by atoms with van der Waals surface area (Å²) in [7, 11) is 0. The molecule has 4 heteroatoms. The van der Waals surface area contributed by atoms with Crippen LogP contribution >= 0.6 is 0 Å². The number of alkyl halides is 3. The summed E-state index contributed by atoms with van der Waals surface area (Å²) in [6.07, 6.45) is -4.99. The minimum absolute atomic E-state index is 0.101. The molecule has 1 nitrogen and oxygen atoms in total. The van der Waals surface area contributed by atoms with E-state index in [9.17, 15) is 18.3 Å². The largest absolute Gasteiger partial charge is 0.421 e. The van der Waals surface area contributed by atoms with Crippen LogP contribution in [0.15, 0.2) is 30.3 Å². The van der Waals surface area contributed by atoms with Gasteiger partial charge in [0.25, 0.3) is 0 Å². The molecule has 0 aliphatic heterocycles. The number of hydrogen-bond acceptors (Lipinski definition) is 1. The molecule has 1 unspecified atom stereocenters. The Labute approximate surface area is 92.9 Å². The van der Waals surface area contributed by atoms with Gasteiger partial charge in [-0.1, -0.05) is 44.2 Å². The summed E-state index contributed by atoms with van der Waals surface area (Å²) in [6.45, 7) is 3.30. The predicted octanol–water partition coefficient (Wildman–Crippen LogP) is 3.48. The Morgan fingerprint density at radius 3 is 2.00 bits per heavy atom. The van der Waals surface area contributed by atoms with Crippen molar-refractivity contribution >= 4 is 0 Å². The van der Waals surface area contributed by atoms with Crippen LogP contribution in [0.3, 0.4) is 0 Å². The maximum atomic E-state index is 12.9. The van der Waals surface area contributed by atoms with Crippen molar-refractivity contribution < 1.29 is 18.3 Å². The van der Waals surface area contributed by atoms with Gasteiger partial charge in [0.15, 0.2) is 5.60 Å². The van der Waals surface area contributed by atoms with Crippen molar-refractivity contribution in [3.63, 3.8) is 0 Å². The number of hydrogen-bond donors (Lipinski definition) is 1. The van der Waals surface area contributed by atoms with Crippen LogP contribution < -0.4 is 0 Å². The van der Waals surface area contributed by atoms with Crippen LogP contribution in [-0.4, -0.2) is 11.3 Å². The number of aliphatic hydroxyl groups is 1. The van der Waals surface area contributed by atoms with Gasteiger partial charge in [0.05, 0.1) is 0 Å². The molecule has 0 aliphatic rings. The zero-order chi connectivity index (χ0) is 12.4. The fourth-order valence-corrected chi connectivity index (χ4v) is 1.70. The van der Waals surface area contributed by atoms with E-state index in [2.05, 4.69) is 0 Å². The van der Waals surface area contributed by atoms with E-state index in [1.54, 1.807) is 19.9 Å². The molecule has 0 bridgehead atoms. The van der Waals surface area contributed by atoms with Gasteiger partial charge >= 0.3 is 6.18 Å². The van der Waals surface area contributed by atoms with Crippen molar-refractivity contribution in [2.75, 3.05) is 0 Å². The number of benzene rings is 1. The van der Waals surface area contributed by atoms with E-state index in [0.717, 1.165) is 0 Å². The summed E-state index contributed by atoms with van der Waals surface area (Å²) in [5, 5.41) is 9.86. The quantitative estimate of drug-likeness (QED) is 0.845. The molecule has 0 heterocycles. The molecule has 0 spiro atoms. The molecule has 0 amide bonds. The first-order valence-electron chi connectivity index (χ1n) is 5.12. The fraction of sp³-hybridized carbons (Fsp3) is 0.500. The molecule has 0 aromatic heterocycles. The van der Waals surface area contributed by atoms with Gasteiger partial charge in [-0.25, -0.2) is 0 Å². The molecular formula is C12H15F3O. The molecule has 1 rings (SSSR count). The van der Waals surface area contributed by atoms with E-state index in [1.165, 1.54) is 24.3 Å². The first-order valence-corrected chi connectivity index (χ1v) is 5.12. The Kier molecular flexibility index (Phi) is 3.63. The van der Waals surface area contributed by atoms with Crippen LogP contribution in [0.4, 0.5) is 13.2 Å². The molecule has 16 heavy (non-hydrogen) atoms. The van der Waals surface area contributed by atoms with Gasteiger partial charge in [0.2, 0.25) is 0 Å². The first-order chi connectivity index (χ1) is 7.27. The molecule has 0 aliphatic carbocycles. The van der Waals surface area contributed by atoms with Crippen LogP contribution in [0.2, 0.25) is 0 Å². The van der Waals surface area contributed by atoms with E-state index in [4.69, 9.17) is 0 Å². The SMILES string of the molecule is CC(C)CC(O)(c1ccccc1)C(F)(F)F. The highest BCUT2D eigenvalue weighted by molar-refractivity contribution is 5.24. The third kappa shape index (κ3) is 2.55. The van der Waals surface area contributed by atoms with Crippen LogP contribution in [0.1, 0.15) is 25.8 Å². The minimum Gasteiger partial charge on any atom is -0.376 e. The van der Waals surface area contributed by atoms with E-state index in [0.29, 0.717) is 0 Å². The molecule has 1 aromatic carbocycles. The summed E-state index contributed by atoms with van der Waals surface area (Å²) >= 11 is 0.